The first kappa shape index (κ1) is 17.9. The molecule has 1 rings (SSSR count). The molecule has 0 heterocycles. The molecule has 0 bridgehead atoms. The SMILES string of the molecule is C#CCNC(=NCc1ccc(C)cc1OC(C)CC)NCC. The molecule has 0 spiro atoms. The quantitative estimate of drug-likeness (QED) is 0.462. The van der Waals surface area contributed by atoms with Crippen molar-refractivity contribution < 1.29 is 4.74 Å². The van der Waals surface area contributed by atoms with E-state index in [4.69, 9.17) is 11.2 Å². The van der Waals surface area contributed by atoms with Crippen molar-refractivity contribution in [1.82, 2.24) is 10.6 Å². The van der Waals surface area contributed by atoms with Crippen LogP contribution >= 0.6 is 0 Å². The topological polar surface area (TPSA) is 45.7 Å². The van der Waals surface area contributed by atoms with Crippen LogP contribution in [0, 0.1) is 19.3 Å². The van der Waals surface area contributed by atoms with Crippen molar-refractivity contribution in [3.8, 4) is 18.1 Å². The third-order valence-electron chi connectivity index (χ3n) is 3.24. The summed E-state index contributed by atoms with van der Waals surface area (Å²) in [4.78, 5) is 4.56. The molecule has 0 aliphatic heterocycles. The number of nitrogens with zero attached hydrogens (tertiary/aromatic N) is 1. The van der Waals surface area contributed by atoms with Gasteiger partial charge in [-0.15, -0.1) is 6.42 Å². The minimum atomic E-state index is 0.192. The van der Waals surface area contributed by atoms with Gasteiger partial charge in [0.1, 0.15) is 5.75 Å². The molecule has 0 fully saturated rings. The van der Waals surface area contributed by atoms with Crippen LogP contribution in [0.25, 0.3) is 0 Å². The molecule has 1 aromatic rings. The van der Waals surface area contributed by atoms with Crippen LogP contribution in [0.1, 0.15) is 38.3 Å². The summed E-state index contributed by atoms with van der Waals surface area (Å²) in [6.45, 7) is 10.1. The lowest BCUT2D eigenvalue weighted by Gasteiger charge is -2.16. The van der Waals surface area contributed by atoms with Crippen LogP contribution < -0.4 is 15.4 Å². The lowest BCUT2D eigenvalue weighted by atomic mass is 10.1. The maximum absolute atomic E-state index is 6.01. The predicted octanol–water partition coefficient (Wildman–Crippen LogP) is 2.86. The monoisotopic (exact) mass is 301 g/mol. The number of ether oxygens (including phenoxy) is 1. The van der Waals surface area contributed by atoms with Gasteiger partial charge in [0.15, 0.2) is 5.96 Å². The average molecular weight is 301 g/mol. The van der Waals surface area contributed by atoms with Crippen LogP contribution in [-0.2, 0) is 6.54 Å². The van der Waals surface area contributed by atoms with E-state index in [2.05, 4.69) is 60.5 Å². The molecule has 0 aliphatic rings. The Morgan fingerprint density at radius 1 is 1.36 bits per heavy atom. The molecule has 2 N–H and O–H groups in total. The number of guanidine groups is 1. The fraction of sp³-hybridized carbons (Fsp3) is 0.500. The highest BCUT2D eigenvalue weighted by Crippen LogP contribution is 2.23. The van der Waals surface area contributed by atoms with E-state index in [0.29, 0.717) is 13.1 Å². The van der Waals surface area contributed by atoms with Crippen molar-refractivity contribution in [2.75, 3.05) is 13.1 Å². The molecular weight excluding hydrogens is 274 g/mol. The first-order valence-electron chi connectivity index (χ1n) is 7.82. The summed E-state index contributed by atoms with van der Waals surface area (Å²) in [6, 6.07) is 6.22. The van der Waals surface area contributed by atoms with Crippen LogP contribution in [-0.4, -0.2) is 25.2 Å². The number of hydrogen-bond acceptors (Lipinski definition) is 2. The van der Waals surface area contributed by atoms with Gasteiger partial charge in [-0.2, -0.15) is 0 Å². The van der Waals surface area contributed by atoms with Gasteiger partial charge in [-0.05, 0) is 38.8 Å². The predicted molar refractivity (Wildman–Crippen MR) is 93.2 cm³/mol. The maximum atomic E-state index is 6.01. The van der Waals surface area contributed by atoms with Crippen LogP contribution in [0.2, 0.25) is 0 Å². The van der Waals surface area contributed by atoms with Crippen LogP contribution in [0.3, 0.4) is 0 Å². The smallest absolute Gasteiger partial charge is 0.192 e. The number of hydrogen-bond donors (Lipinski definition) is 2. The molecule has 1 unspecified atom stereocenters. The summed E-state index contributed by atoms with van der Waals surface area (Å²) in [7, 11) is 0. The van der Waals surface area contributed by atoms with E-state index in [9.17, 15) is 0 Å². The second-order valence-corrected chi connectivity index (χ2v) is 5.20. The van der Waals surface area contributed by atoms with Gasteiger partial charge in [-0.1, -0.05) is 25.0 Å². The lowest BCUT2D eigenvalue weighted by Crippen LogP contribution is -2.37. The third-order valence-corrected chi connectivity index (χ3v) is 3.24. The Kier molecular flexibility index (Phi) is 7.91. The van der Waals surface area contributed by atoms with Gasteiger partial charge in [0.2, 0.25) is 0 Å². The molecule has 22 heavy (non-hydrogen) atoms. The van der Waals surface area contributed by atoms with E-state index >= 15 is 0 Å². The molecule has 120 valence electrons. The van der Waals surface area contributed by atoms with Crippen molar-refractivity contribution in [1.29, 1.82) is 0 Å². The molecule has 0 amide bonds. The number of terminal acetylenes is 1. The van der Waals surface area contributed by atoms with Crippen molar-refractivity contribution >= 4 is 5.96 Å². The van der Waals surface area contributed by atoms with Gasteiger partial charge in [-0.3, -0.25) is 0 Å². The van der Waals surface area contributed by atoms with E-state index < -0.39 is 0 Å². The molecule has 1 aromatic carbocycles. The molecular formula is C18H27N3O. The Morgan fingerprint density at radius 2 is 2.14 bits per heavy atom. The summed E-state index contributed by atoms with van der Waals surface area (Å²) in [5.74, 6) is 4.18. The number of nitrogens with one attached hydrogen (secondary N) is 2. The van der Waals surface area contributed by atoms with Crippen LogP contribution in [0.15, 0.2) is 23.2 Å². The highest BCUT2D eigenvalue weighted by Gasteiger charge is 2.08. The summed E-state index contributed by atoms with van der Waals surface area (Å²) >= 11 is 0. The standard InChI is InChI=1S/C18H27N3O/c1-6-11-20-18(19-8-3)21-13-16-10-9-14(4)12-17(16)22-15(5)7-2/h1,9-10,12,15H,7-8,11,13H2,2-5H3,(H2,19,20,21). The molecule has 0 saturated heterocycles. The molecule has 0 saturated carbocycles. The van der Waals surface area contributed by atoms with Crippen molar-refractivity contribution in [3.05, 3.63) is 29.3 Å². The van der Waals surface area contributed by atoms with Gasteiger partial charge in [0.25, 0.3) is 0 Å². The van der Waals surface area contributed by atoms with E-state index in [-0.39, 0.29) is 6.10 Å². The summed E-state index contributed by atoms with van der Waals surface area (Å²) in [5, 5.41) is 6.26. The minimum absolute atomic E-state index is 0.192. The molecule has 0 aliphatic carbocycles. The first-order chi connectivity index (χ1) is 10.6. The Morgan fingerprint density at radius 3 is 2.77 bits per heavy atom. The molecule has 4 nitrogen and oxygen atoms in total. The van der Waals surface area contributed by atoms with Crippen LogP contribution in [0.4, 0.5) is 0 Å². The fourth-order valence-electron chi connectivity index (χ4n) is 1.84. The normalized spacial score (nSPS) is 12.4. The summed E-state index contributed by atoms with van der Waals surface area (Å²) < 4.78 is 6.01. The maximum Gasteiger partial charge on any atom is 0.192 e. The van der Waals surface area contributed by atoms with Crippen molar-refractivity contribution in [2.45, 2.75) is 46.8 Å². The Labute approximate surface area is 134 Å². The van der Waals surface area contributed by atoms with Gasteiger partial charge in [0, 0.05) is 12.1 Å². The van der Waals surface area contributed by atoms with E-state index in [1.807, 2.05) is 6.92 Å². The van der Waals surface area contributed by atoms with Gasteiger partial charge < -0.3 is 15.4 Å². The zero-order chi connectivity index (χ0) is 16.4. The third kappa shape index (κ3) is 6.09. The molecule has 0 radical (unpaired) electrons. The number of rotatable bonds is 7. The highest BCUT2D eigenvalue weighted by molar-refractivity contribution is 5.80. The second kappa shape index (κ2) is 9.73. The lowest BCUT2D eigenvalue weighted by molar-refractivity contribution is 0.215. The zero-order valence-corrected chi connectivity index (χ0v) is 14.1. The minimum Gasteiger partial charge on any atom is -0.490 e. The second-order valence-electron chi connectivity index (χ2n) is 5.20. The van der Waals surface area contributed by atoms with E-state index in [1.54, 1.807) is 0 Å². The van der Waals surface area contributed by atoms with Crippen LogP contribution in [0.5, 0.6) is 5.75 Å². The summed E-state index contributed by atoms with van der Waals surface area (Å²) in [6.07, 6.45) is 6.44. The van der Waals surface area contributed by atoms with Gasteiger partial charge in [0.05, 0.1) is 19.2 Å². The first-order valence-corrected chi connectivity index (χ1v) is 7.82. The Hall–Kier alpha value is -2.15. The number of aliphatic imine (C=N–C) groups is 1. The average Bonchev–Trinajstić information content (AvgIpc) is 2.51. The molecule has 4 heteroatoms. The Bertz CT molecular complexity index is 532. The fourth-order valence-corrected chi connectivity index (χ4v) is 1.84. The largest absolute Gasteiger partial charge is 0.490 e. The number of benzene rings is 1. The summed E-state index contributed by atoms with van der Waals surface area (Å²) in [5.41, 5.74) is 2.26. The molecule has 0 aromatic heterocycles. The highest BCUT2D eigenvalue weighted by atomic mass is 16.5. The van der Waals surface area contributed by atoms with Crippen molar-refractivity contribution in [3.63, 3.8) is 0 Å². The van der Waals surface area contributed by atoms with Gasteiger partial charge >= 0.3 is 0 Å². The zero-order valence-electron chi connectivity index (χ0n) is 14.1. The number of aryl methyl sites for hydroxylation is 1. The molecule has 1 atom stereocenters. The van der Waals surface area contributed by atoms with E-state index in [1.165, 1.54) is 5.56 Å². The van der Waals surface area contributed by atoms with Crippen molar-refractivity contribution in [2.24, 2.45) is 4.99 Å². The van der Waals surface area contributed by atoms with E-state index in [0.717, 1.165) is 30.2 Å². The Balaban J connectivity index is 2.88. The van der Waals surface area contributed by atoms with Gasteiger partial charge in [-0.25, -0.2) is 4.99 Å².